The van der Waals surface area contributed by atoms with Gasteiger partial charge in [-0.1, -0.05) is 25.0 Å². The largest absolute Gasteiger partial charge is 0.497 e. The van der Waals surface area contributed by atoms with Gasteiger partial charge in [-0.05, 0) is 49.7 Å². The molecule has 1 aliphatic heterocycles. The third-order valence-electron chi connectivity index (χ3n) is 3.84. The molecule has 0 bridgehead atoms. The Hall–Kier alpha value is -1.29. The lowest BCUT2D eigenvalue weighted by atomic mass is 10.0. The van der Waals surface area contributed by atoms with Gasteiger partial charge in [-0.3, -0.25) is 0 Å². The third-order valence-corrected chi connectivity index (χ3v) is 4.22. The van der Waals surface area contributed by atoms with Crippen LogP contribution in [0.2, 0.25) is 0 Å². The molecule has 1 N–H and O–H groups in total. The Morgan fingerprint density at radius 3 is 2.70 bits per heavy atom. The van der Waals surface area contributed by atoms with Gasteiger partial charge in [-0.15, -0.1) is 0 Å². The molecule has 1 aromatic rings. The molecule has 1 saturated heterocycles. The summed E-state index contributed by atoms with van der Waals surface area (Å²) in [6.07, 6.45) is 4.94. The molecule has 20 heavy (non-hydrogen) atoms. The number of hydrogen-bond acceptors (Lipinski definition) is 2. The maximum atomic E-state index is 5.55. The number of rotatable bonds is 3. The summed E-state index contributed by atoms with van der Waals surface area (Å²) in [7, 11) is 1.70. The van der Waals surface area contributed by atoms with Crippen molar-refractivity contribution in [3.63, 3.8) is 0 Å². The van der Waals surface area contributed by atoms with Crippen LogP contribution in [0.4, 0.5) is 0 Å². The van der Waals surface area contributed by atoms with Crippen molar-refractivity contribution in [3.05, 3.63) is 29.8 Å². The standard InChI is InChI=1S/C16H24N2OS/c1-3-17-16(20)18-12-6-4-5-7-15(18)13-8-10-14(19-2)11-9-13/h8-11,15H,3-7,12H2,1-2H3,(H,17,20)/t15-/m1/s1. The molecule has 4 heteroatoms. The van der Waals surface area contributed by atoms with Crippen LogP contribution in [-0.2, 0) is 0 Å². The number of benzene rings is 1. The van der Waals surface area contributed by atoms with Gasteiger partial charge in [0.1, 0.15) is 5.75 Å². The molecule has 0 saturated carbocycles. The molecule has 2 rings (SSSR count). The van der Waals surface area contributed by atoms with E-state index in [2.05, 4.69) is 29.3 Å². The Bertz CT molecular complexity index is 433. The molecule has 1 heterocycles. The Labute approximate surface area is 127 Å². The van der Waals surface area contributed by atoms with Gasteiger partial charge in [0.2, 0.25) is 0 Å². The number of nitrogens with one attached hydrogen (secondary N) is 1. The van der Waals surface area contributed by atoms with Crippen LogP contribution < -0.4 is 10.1 Å². The fourth-order valence-electron chi connectivity index (χ4n) is 2.78. The van der Waals surface area contributed by atoms with Crippen LogP contribution in [-0.4, -0.2) is 30.2 Å². The molecule has 0 aromatic heterocycles. The fourth-order valence-corrected chi connectivity index (χ4v) is 3.14. The molecule has 0 radical (unpaired) electrons. The normalized spacial score (nSPS) is 19.3. The summed E-state index contributed by atoms with van der Waals surface area (Å²) in [5.74, 6) is 0.906. The highest BCUT2D eigenvalue weighted by Crippen LogP contribution is 2.31. The predicted octanol–water partition coefficient (Wildman–Crippen LogP) is 3.51. The van der Waals surface area contributed by atoms with E-state index < -0.39 is 0 Å². The SMILES string of the molecule is CCNC(=S)N1CCCCC[C@@H]1c1ccc(OC)cc1. The average molecular weight is 292 g/mol. The van der Waals surface area contributed by atoms with E-state index >= 15 is 0 Å². The van der Waals surface area contributed by atoms with Crippen molar-refractivity contribution in [2.45, 2.75) is 38.6 Å². The predicted molar refractivity (Wildman–Crippen MR) is 87.2 cm³/mol. The lowest BCUT2D eigenvalue weighted by molar-refractivity contribution is 0.317. The Balaban J connectivity index is 2.20. The van der Waals surface area contributed by atoms with Gasteiger partial charge in [0.25, 0.3) is 0 Å². The summed E-state index contributed by atoms with van der Waals surface area (Å²) in [4.78, 5) is 2.35. The first-order valence-electron chi connectivity index (χ1n) is 7.44. The summed E-state index contributed by atoms with van der Waals surface area (Å²) in [6.45, 7) is 4.01. The molecule has 0 amide bonds. The van der Waals surface area contributed by atoms with E-state index in [0.717, 1.165) is 30.4 Å². The topological polar surface area (TPSA) is 24.5 Å². The van der Waals surface area contributed by atoms with E-state index in [4.69, 9.17) is 17.0 Å². The fraction of sp³-hybridized carbons (Fsp3) is 0.562. The monoisotopic (exact) mass is 292 g/mol. The Morgan fingerprint density at radius 2 is 2.05 bits per heavy atom. The summed E-state index contributed by atoms with van der Waals surface area (Å²) < 4.78 is 5.24. The number of hydrogen-bond donors (Lipinski definition) is 1. The Kier molecular flexibility index (Phi) is 5.65. The second-order valence-electron chi connectivity index (χ2n) is 5.17. The van der Waals surface area contributed by atoms with Crippen molar-refractivity contribution >= 4 is 17.3 Å². The maximum absolute atomic E-state index is 5.55. The average Bonchev–Trinajstić information content (AvgIpc) is 2.73. The smallest absolute Gasteiger partial charge is 0.169 e. The molecular weight excluding hydrogens is 268 g/mol. The number of ether oxygens (including phenoxy) is 1. The molecule has 0 spiro atoms. The number of nitrogens with zero attached hydrogens (tertiary/aromatic N) is 1. The zero-order valence-electron chi connectivity index (χ0n) is 12.4. The molecule has 1 aliphatic rings. The van der Waals surface area contributed by atoms with Gasteiger partial charge in [-0.25, -0.2) is 0 Å². The molecule has 110 valence electrons. The summed E-state index contributed by atoms with van der Waals surface area (Å²) >= 11 is 5.55. The first kappa shape index (κ1) is 15.1. The lowest BCUT2D eigenvalue weighted by Crippen LogP contribution is -2.41. The van der Waals surface area contributed by atoms with Crippen molar-refractivity contribution in [3.8, 4) is 5.75 Å². The van der Waals surface area contributed by atoms with Crippen molar-refractivity contribution < 1.29 is 4.74 Å². The minimum atomic E-state index is 0.384. The van der Waals surface area contributed by atoms with Crippen LogP contribution in [0.5, 0.6) is 5.75 Å². The van der Waals surface area contributed by atoms with Crippen molar-refractivity contribution in [2.24, 2.45) is 0 Å². The second kappa shape index (κ2) is 7.48. The van der Waals surface area contributed by atoms with E-state index in [9.17, 15) is 0 Å². The zero-order valence-corrected chi connectivity index (χ0v) is 13.2. The van der Waals surface area contributed by atoms with E-state index in [1.165, 1.54) is 24.8 Å². The lowest BCUT2D eigenvalue weighted by Gasteiger charge is -2.32. The van der Waals surface area contributed by atoms with Crippen molar-refractivity contribution in [2.75, 3.05) is 20.2 Å². The highest BCUT2D eigenvalue weighted by atomic mass is 32.1. The van der Waals surface area contributed by atoms with Crippen LogP contribution in [0.1, 0.15) is 44.2 Å². The van der Waals surface area contributed by atoms with Crippen LogP contribution in [0.3, 0.4) is 0 Å². The van der Waals surface area contributed by atoms with Gasteiger partial charge in [0.05, 0.1) is 13.2 Å². The minimum Gasteiger partial charge on any atom is -0.497 e. The van der Waals surface area contributed by atoms with Crippen LogP contribution in [0.25, 0.3) is 0 Å². The Morgan fingerprint density at radius 1 is 1.30 bits per heavy atom. The summed E-state index contributed by atoms with van der Waals surface area (Å²) in [5.41, 5.74) is 1.33. The van der Waals surface area contributed by atoms with Gasteiger partial charge < -0.3 is 15.0 Å². The maximum Gasteiger partial charge on any atom is 0.169 e. The summed E-state index contributed by atoms with van der Waals surface area (Å²) in [6, 6.07) is 8.78. The molecule has 1 aromatic carbocycles. The third kappa shape index (κ3) is 3.63. The van der Waals surface area contributed by atoms with Gasteiger partial charge in [0.15, 0.2) is 5.11 Å². The van der Waals surface area contributed by atoms with Crippen LogP contribution in [0, 0.1) is 0 Å². The van der Waals surface area contributed by atoms with E-state index in [-0.39, 0.29) is 0 Å². The molecular formula is C16H24N2OS. The van der Waals surface area contributed by atoms with Crippen molar-refractivity contribution in [1.82, 2.24) is 10.2 Å². The van der Waals surface area contributed by atoms with Gasteiger partial charge in [0, 0.05) is 13.1 Å². The summed E-state index contributed by atoms with van der Waals surface area (Å²) in [5, 5.41) is 4.18. The molecule has 0 aliphatic carbocycles. The highest BCUT2D eigenvalue weighted by Gasteiger charge is 2.24. The quantitative estimate of drug-likeness (QED) is 0.862. The minimum absolute atomic E-state index is 0.384. The number of likely N-dealkylation sites (tertiary alicyclic amines) is 1. The molecule has 0 unspecified atom stereocenters. The first-order valence-corrected chi connectivity index (χ1v) is 7.85. The second-order valence-corrected chi connectivity index (χ2v) is 5.55. The van der Waals surface area contributed by atoms with Crippen LogP contribution in [0.15, 0.2) is 24.3 Å². The van der Waals surface area contributed by atoms with Gasteiger partial charge in [-0.2, -0.15) is 0 Å². The molecule has 1 atom stereocenters. The van der Waals surface area contributed by atoms with E-state index in [1.54, 1.807) is 7.11 Å². The first-order chi connectivity index (χ1) is 9.76. The zero-order chi connectivity index (χ0) is 14.4. The van der Waals surface area contributed by atoms with Crippen molar-refractivity contribution in [1.29, 1.82) is 0 Å². The molecule has 3 nitrogen and oxygen atoms in total. The van der Waals surface area contributed by atoms with Crippen LogP contribution >= 0.6 is 12.2 Å². The van der Waals surface area contributed by atoms with E-state index in [0.29, 0.717) is 6.04 Å². The molecule has 1 fully saturated rings. The van der Waals surface area contributed by atoms with E-state index in [1.807, 2.05) is 12.1 Å². The number of thiocarbonyl (C=S) groups is 1. The van der Waals surface area contributed by atoms with Gasteiger partial charge >= 0.3 is 0 Å². The highest BCUT2D eigenvalue weighted by molar-refractivity contribution is 7.80. The number of methoxy groups -OCH3 is 1.